The van der Waals surface area contributed by atoms with E-state index in [-0.39, 0.29) is 11.8 Å². The van der Waals surface area contributed by atoms with E-state index in [9.17, 15) is 4.39 Å². The fourth-order valence-corrected chi connectivity index (χ4v) is 4.06. The molecule has 1 aromatic carbocycles. The molecule has 1 aliphatic rings. The summed E-state index contributed by atoms with van der Waals surface area (Å²) in [5, 5.41) is 8.51. The van der Waals surface area contributed by atoms with Crippen molar-refractivity contribution in [3.05, 3.63) is 53.5 Å². The highest BCUT2D eigenvalue weighted by atomic mass is 32.2. The Morgan fingerprint density at radius 2 is 2.00 bits per heavy atom. The van der Waals surface area contributed by atoms with Crippen LogP contribution in [-0.2, 0) is 12.3 Å². The number of rotatable bonds is 5. The summed E-state index contributed by atoms with van der Waals surface area (Å²) in [7, 11) is 2.00. The van der Waals surface area contributed by atoms with E-state index in [4.69, 9.17) is 11.1 Å². The summed E-state index contributed by atoms with van der Waals surface area (Å²) in [5.41, 5.74) is 8.84. The summed E-state index contributed by atoms with van der Waals surface area (Å²) < 4.78 is 13.5. The van der Waals surface area contributed by atoms with Crippen LogP contribution >= 0.6 is 11.8 Å². The Morgan fingerprint density at radius 1 is 1.23 bits per heavy atom. The molecular weight excluding hydrogens is 348 g/mol. The van der Waals surface area contributed by atoms with Gasteiger partial charge < -0.3 is 10.6 Å². The SMILES string of the molecule is Bc1ccc(F)cc1CSc1ncccc1CN1CCN(C(=N)N)CC1. The molecule has 5 nitrogen and oxygen atoms in total. The first-order chi connectivity index (χ1) is 12.5. The number of piperazine rings is 1. The van der Waals surface area contributed by atoms with Crippen molar-refractivity contribution < 1.29 is 4.39 Å². The van der Waals surface area contributed by atoms with E-state index in [2.05, 4.69) is 16.0 Å². The Morgan fingerprint density at radius 3 is 2.73 bits per heavy atom. The van der Waals surface area contributed by atoms with Crippen molar-refractivity contribution in [2.24, 2.45) is 5.73 Å². The molecule has 0 saturated carbocycles. The zero-order valence-electron chi connectivity index (χ0n) is 14.9. The lowest BCUT2D eigenvalue weighted by molar-refractivity contribution is 0.172. The van der Waals surface area contributed by atoms with Crippen LogP contribution in [0.15, 0.2) is 41.6 Å². The summed E-state index contributed by atoms with van der Waals surface area (Å²) in [5.74, 6) is 0.648. The normalized spacial score (nSPS) is 15.2. The predicted octanol–water partition coefficient (Wildman–Crippen LogP) is 0.782. The molecule has 0 atom stereocenters. The number of guanidine groups is 1. The van der Waals surface area contributed by atoms with E-state index in [1.54, 1.807) is 24.0 Å². The molecular formula is C18H23BFN5S. The van der Waals surface area contributed by atoms with Crippen LogP contribution in [0, 0.1) is 11.2 Å². The Kier molecular flexibility index (Phi) is 6.16. The maximum Gasteiger partial charge on any atom is 0.188 e. The fourth-order valence-electron chi connectivity index (χ4n) is 3.00. The molecule has 136 valence electrons. The smallest absolute Gasteiger partial charge is 0.188 e. The van der Waals surface area contributed by atoms with E-state index in [1.807, 2.05) is 24.9 Å². The molecule has 26 heavy (non-hydrogen) atoms. The van der Waals surface area contributed by atoms with E-state index in [1.165, 1.54) is 11.6 Å². The number of nitrogens with two attached hydrogens (primary N) is 1. The van der Waals surface area contributed by atoms with Gasteiger partial charge in [-0.3, -0.25) is 10.3 Å². The third-order valence-electron chi connectivity index (χ3n) is 4.63. The molecule has 2 aromatic rings. The highest BCUT2D eigenvalue weighted by Gasteiger charge is 2.19. The molecule has 1 aromatic heterocycles. The van der Waals surface area contributed by atoms with E-state index in [0.717, 1.165) is 48.8 Å². The monoisotopic (exact) mass is 371 g/mol. The Labute approximate surface area is 158 Å². The van der Waals surface area contributed by atoms with Gasteiger partial charge in [0.15, 0.2) is 5.96 Å². The summed E-state index contributed by atoms with van der Waals surface area (Å²) in [6, 6.07) is 8.98. The van der Waals surface area contributed by atoms with Crippen molar-refractivity contribution in [2.45, 2.75) is 17.3 Å². The molecule has 8 heteroatoms. The summed E-state index contributed by atoms with van der Waals surface area (Å²) in [4.78, 5) is 8.78. The van der Waals surface area contributed by atoms with Crippen LogP contribution in [0.4, 0.5) is 4.39 Å². The number of hydrogen-bond acceptors (Lipinski definition) is 4. The van der Waals surface area contributed by atoms with Crippen LogP contribution in [0.2, 0.25) is 0 Å². The number of nitrogens with one attached hydrogen (secondary N) is 1. The largest absolute Gasteiger partial charge is 0.370 e. The fraction of sp³-hybridized carbons (Fsp3) is 0.333. The van der Waals surface area contributed by atoms with Gasteiger partial charge in [0.1, 0.15) is 18.7 Å². The summed E-state index contributed by atoms with van der Waals surface area (Å²) in [6.07, 6.45) is 1.80. The van der Waals surface area contributed by atoms with Crippen molar-refractivity contribution >= 4 is 31.0 Å². The van der Waals surface area contributed by atoms with E-state index >= 15 is 0 Å². The van der Waals surface area contributed by atoms with Gasteiger partial charge >= 0.3 is 0 Å². The van der Waals surface area contributed by atoms with Crippen LogP contribution in [0.3, 0.4) is 0 Å². The Bertz CT molecular complexity index is 780. The molecule has 0 unspecified atom stereocenters. The highest BCUT2D eigenvalue weighted by molar-refractivity contribution is 7.98. The van der Waals surface area contributed by atoms with Gasteiger partial charge in [0.05, 0.1) is 0 Å². The maximum atomic E-state index is 13.5. The number of aromatic nitrogens is 1. The Balaban J connectivity index is 1.63. The first-order valence-electron chi connectivity index (χ1n) is 8.66. The third kappa shape index (κ3) is 4.77. The summed E-state index contributed by atoms with van der Waals surface area (Å²) >= 11 is 1.65. The molecule has 0 bridgehead atoms. The molecule has 1 aliphatic heterocycles. The van der Waals surface area contributed by atoms with Gasteiger partial charge in [-0.1, -0.05) is 17.6 Å². The molecule has 0 radical (unpaired) electrons. The number of thioether (sulfide) groups is 1. The minimum atomic E-state index is -0.198. The number of hydrogen-bond donors (Lipinski definition) is 2. The second kappa shape index (κ2) is 8.55. The van der Waals surface area contributed by atoms with Crippen molar-refractivity contribution in [1.82, 2.24) is 14.8 Å². The molecule has 1 fully saturated rings. The van der Waals surface area contributed by atoms with Gasteiger partial charge in [-0.05, 0) is 29.3 Å². The van der Waals surface area contributed by atoms with E-state index < -0.39 is 0 Å². The standard InChI is InChI=1S/C18H23BFN5S/c19-16-4-3-15(20)10-14(16)12-26-17-13(2-1-5-23-17)11-24-6-8-25(9-7-24)18(21)22/h1-5,10H,6-9,11-12,19H2,(H3,21,22). The molecule has 1 saturated heterocycles. The average molecular weight is 371 g/mol. The van der Waals surface area contributed by atoms with Crippen LogP contribution in [0.5, 0.6) is 0 Å². The third-order valence-corrected chi connectivity index (χ3v) is 5.73. The van der Waals surface area contributed by atoms with Crippen LogP contribution in [0.25, 0.3) is 0 Å². The van der Waals surface area contributed by atoms with Crippen molar-refractivity contribution in [2.75, 3.05) is 26.2 Å². The van der Waals surface area contributed by atoms with Crippen molar-refractivity contribution in [3.8, 4) is 0 Å². The van der Waals surface area contributed by atoms with Gasteiger partial charge in [-0.15, -0.1) is 11.8 Å². The van der Waals surface area contributed by atoms with Crippen molar-refractivity contribution in [1.29, 1.82) is 5.41 Å². The van der Waals surface area contributed by atoms with Gasteiger partial charge in [-0.2, -0.15) is 0 Å². The highest BCUT2D eigenvalue weighted by Crippen LogP contribution is 2.25. The topological polar surface area (TPSA) is 69.2 Å². The predicted molar refractivity (Wildman–Crippen MR) is 107 cm³/mol. The molecule has 0 aliphatic carbocycles. The number of halogens is 1. The molecule has 0 spiro atoms. The molecule has 3 N–H and O–H groups in total. The second-order valence-electron chi connectivity index (χ2n) is 6.48. The second-order valence-corrected chi connectivity index (χ2v) is 7.44. The number of nitrogens with zero attached hydrogens (tertiary/aromatic N) is 3. The lowest BCUT2D eigenvalue weighted by Gasteiger charge is -2.35. The maximum absolute atomic E-state index is 13.5. The average Bonchev–Trinajstić information content (AvgIpc) is 2.64. The van der Waals surface area contributed by atoms with Crippen LogP contribution in [0.1, 0.15) is 11.1 Å². The van der Waals surface area contributed by atoms with Gasteiger partial charge in [0.2, 0.25) is 0 Å². The molecule has 0 amide bonds. The lowest BCUT2D eigenvalue weighted by Crippen LogP contribution is -2.50. The summed E-state index contributed by atoms with van der Waals surface area (Å²) in [6.45, 7) is 4.13. The zero-order valence-corrected chi connectivity index (χ0v) is 15.7. The minimum Gasteiger partial charge on any atom is -0.370 e. The molecule has 3 rings (SSSR count). The molecule has 2 heterocycles. The van der Waals surface area contributed by atoms with Crippen LogP contribution in [-0.4, -0.2) is 54.8 Å². The minimum absolute atomic E-state index is 0.146. The lowest BCUT2D eigenvalue weighted by atomic mass is 9.91. The van der Waals surface area contributed by atoms with Gasteiger partial charge in [0.25, 0.3) is 0 Å². The van der Waals surface area contributed by atoms with Gasteiger partial charge in [0, 0.05) is 44.7 Å². The number of pyridine rings is 1. The first-order valence-corrected chi connectivity index (χ1v) is 9.64. The van der Waals surface area contributed by atoms with Gasteiger partial charge in [-0.25, -0.2) is 9.37 Å². The van der Waals surface area contributed by atoms with Crippen molar-refractivity contribution in [3.63, 3.8) is 0 Å². The van der Waals surface area contributed by atoms with Crippen LogP contribution < -0.4 is 11.2 Å². The Hall–Kier alpha value is -2.06. The first kappa shape index (κ1) is 18.7. The quantitative estimate of drug-likeness (QED) is 0.352. The number of benzene rings is 1. The zero-order chi connectivity index (χ0) is 18.5. The van der Waals surface area contributed by atoms with E-state index in [0.29, 0.717) is 5.75 Å².